The predicted molar refractivity (Wildman–Crippen MR) is 113 cm³/mol. The summed E-state index contributed by atoms with van der Waals surface area (Å²) < 4.78 is 14.3. The van der Waals surface area contributed by atoms with E-state index in [0.29, 0.717) is 0 Å². The Balaban J connectivity index is 1.80. The zero-order valence-corrected chi connectivity index (χ0v) is 17.0. The van der Waals surface area contributed by atoms with E-state index in [9.17, 15) is 9.18 Å². The molecule has 3 aromatic rings. The normalized spacial score (nSPS) is 11.6. The summed E-state index contributed by atoms with van der Waals surface area (Å²) in [6, 6.07) is 20.5. The Labute approximate surface area is 174 Å². The number of aryl methyl sites for hydroxylation is 1. The molecular weight excluding hydrogens is 385 g/mol. The van der Waals surface area contributed by atoms with Crippen LogP contribution in [0.3, 0.4) is 0 Å². The van der Waals surface area contributed by atoms with Gasteiger partial charge < -0.3 is 10.2 Å². The van der Waals surface area contributed by atoms with Gasteiger partial charge in [0.15, 0.2) is 6.54 Å². The summed E-state index contributed by atoms with van der Waals surface area (Å²) in [5.74, 6) is -0.689. The number of nitrogens with zero attached hydrogens (tertiary/aromatic N) is 2. The molecule has 1 aromatic heterocycles. The van der Waals surface area contributed by atoms with Gasteiger partial charge in [-0.1, -0.05) is 48.0 Å². The van der Waals surface area contributed by atoms with Gasteiger partial charge in [0.1, 0.15) is 11.9 Å². The molecule has 1 atom stereocenters. The number of hydrogen-bond acceptors (Lipinski definition) is 3. The van der Waals surface area contributed by atoms with Crippen molar-refractivity contribution >= 4 is 22.9 Å². The molecule has 148 valence electrons. The fourth-order valence-corrected chi connectivity index (χ4v) is 4.05. The van der Waals surface area contributed by atoms with Gasteiger partial charge >= 0.3 is 0 Å². The van der Waals surface area contributed by atoms with E-state index in [0.717, 1.165) is 10.4 Å². The maximum Gasteiger partial charge on any atom is 0.282 e. The summed E-state index contributed by atoms with van der Waals surface area (Å²) in [5, 5.41) is 12.9. The third-order valence-corrected chi connectivity index (χ3v) is 5.66. The van der Waals surface area contributed by atoms with Gasteiger partial charge in [0.05, 0.1) is 23.1 Å². The minimum absolute atomic E-state index is 0.0158. The molecule has 0 spiro atoms. The zero-order chi connectivity index (χ0) is 20.6. The van der Waals surface area contributed by atoms with Crippen molar-refractivity contribution < 1.29 is 14.5 Å². The van der Waals surface area contributed by atoms with Crippen LogP contribution in [0.4, 0.5) is 10.1 Å². The van der Waals surface area contributed by atoms with Crippen molar-refractivity contribution in [2.24, 2.45) is 0 Å². The first-order chi connectivity index (χ1) is 14.1. The van der Waals surface area contributed by atoms with E-state index in [1.807, 2.05) is 29.8 Å². The standard InChI is InChI=1S/C23H22FN3OS/c1-17-9-11-18(12-10-17)23(21-8-4-15-29-21)26-16-22(28)27(14-5-13-25)20-7-3-2-6-19(20)24/h2-4,6-12,15,23,26H,5,14,16H2,1H3/p+1/t23-/m1/s1. The SMILES string of the molecule is Cc1ccc([C@@H]([NH2+]CC(=O)N(CCC#N)c2ccccc2F)c2cccs2)cc1. The maximum absolute atomic E-state index is 14.3. The molecule has 2 aromatic carbocycles. The van der Waals surface area contributed by atoms with Crippen molar-refractivity contribution in [3.05, 3.63) is 87.9 Å². The van der Waals surface area contributed by atoms with Crippen LogP contribution in [0.2, 0.25) is 0 Å². The Morgan fingerprint density at radius 1 is 1.17 bits per heavy atom. The lowest BCUT2D eigenvalue weighted by atomic mass is 10.0. The van der Waals surface area contributed by atoms with Crippen LogP contribution >= 0.6 is 11.3 Å². The van der Waals surface area contributed by atoms with E-state index < -0.39 is 5.82 Å². The van der Waals surface area contributed by atoms with Gasteiger partial charge in [-0.25, -0.2) is 4.39 Å². The first-order valence-electron chi connectivity index (χ1n) is 9.45. The third kappa shape index (κ3) is 5.29. The van der Waals surface area contributed by atoms with Crippen LogP contribution in [0.15, 0.2) is 66.0 Å². The van der Waals surface area contributed by atoms with E-state index in [1.54, 1.807) is 29.5 Å². The molecule has 0 saturated carbocycles. The number of carbonyl (C=O) groups excluding carboxylic acids is 1. The number of anilines is 1. The topological polar surface area (TPSA) is 60.7 Å². The van der Waals surface area contributed by atoms with Crippen molar-refractivity contribution in [2.75, 3.05) is 18.0 Å². The molecule has 0 unspecified atom stereocenters. The highest BCUT2D eigenvalue weighted by Crippen LogP contribution is 2.23. The highest BCUT2D eigenvalue weighted by molar-refractivity contribution is 7.10. The Hall–Kier alpha value is -3.01. The molecule has 0 radical (unpaired) electrons. The average Bonchev–Trinajstić information content (AvgIpc) is 3.25. The molecule has 2 N–H and O–H groups in total. The summed E-state index contributed by atoms with van der Waals surface area (Å²) in [5.41, 5.74) is 2.50. The number of thiophene rings is 1. The number of hydrogen-bond donors (Lipinski definition) is 1. The Morgan fingerprint density at radius 2 is 1.93 bits per heavy atom. The van der Waals surface area contributed by atoms with E-state index in [4.69, 9.17) is 5.26 Å². The molecule has 1 heterocycles. The highest BCUT2D eigenvalue weighted by Gasteiger charge is 2.24. The molecule has 0 aliphatic rings. The molecule has 0 fully saturated rings. The summed E-state index contributed by atoms with van der Waals surface area (Å²) in [7, 11) is 0. The maximum atomic E-state index is 14.3. The molecule has 1 amide bonds. The van der Waals surface area contributed by atoms with E-state index in [-0.39, 0.29) is 37.1 Å². The van der Waals surface area contributed by atoms with E-state index >= 15 is 0 Å². The van der Waals surface area contributed by atoms with Crippen LogP contribution in [0, 0.1) is 24.1 Å². The minimum Gasteiger partial charge on any atom is -0.328 e. The number of para-hydroxylation sites is 1. The smallest absolute Gasteiger partial charge is 0.282 e. The Kier molecular flexibility index (Phi) is 7.12. The number of rotatable bonds is 8. The Bertz CT molecular complexity index is 980. The summed E-state index contributed by atoms with van der Waals surface area (Å²) in [6.45, 7) is 2.35. The van der Waals surface area contributed by atoms with Crippen molar-refractivity contribution in [3.63, 3.8) is 0 Å². The third-order valence-electron chi connectivity index (χ3n) is 4.71. The summed E-state index contributed by atoms with van der Waals surface area (Å²) in [4.78, 5) is 15.5. The van der Waals surface area contributed by atoms with Crippen molar-refractivity contribution in [1.29, 1.82) is 5.26 Å². The lowest BCUT2D eigenvalue weighted by molar-refractivity contribution is -0.676. The number of nitrogens with two attached hydrogens (primary N) is 1. The van der Waals surface area contributed by atoms with Gasteiger partial charge in [-0.3, -0.25) is 4.79 Å². The molecule has 3 rings (SSSR count). The number of benzene rings is 2. The second kappa shape index (κ2) is 9.97. The molecule has 0 aliphatic carbocycles. The predicted octanol–water partition coefficient (Wildman–Crippen LogP) is 3.80. The van der Waals surface area contributed by atoms with Crippen molar-refractivity contribution in [3.8, 4) is 6.07 Å². The first kappa shape index (κ1) is 20.7. The monoisotopic (exact) mass is 408 g/mol. The lowest BCUT2D eigenvalue weighted by Gasteiger charge is -2.23. The van der Waals surface area contributed by atoms with Crippen LogP contribution in [-0.2, 0) is 4.79 Å². The number of halogens is 1. The van der Waals surface area contributed by atoms with Crippen LogP contribution < -0.4 is 10.2 Å². The fourth-order valence-electron chi connectivity index (χ4n) is 3.20. The average molecular weight is 409 g/mol. The number of carbonyl (C=O) groups is 1. The first-order valence-corrected chi connectivity index (χ1v) is 10.3. The van der Waals surface area contributed by atoms with Gasteiger partial charge in [-0.2, -0.15) is 5.26 Å². The molecule has 0 saturated heterocycles. The lowest BCUT2D eigenvalue weighted by Crippen LogP contribution is -2.87. The van der Waals surface area contributed by atoms with Crippen LogP contribution in [0.1, 0.15) is 28.5 Å². The van der Waals surface area contributed by atoms with Crippen molar-refractivity contribution in [2.45, 2.75) is 19.4 Å². The second-order valence-corrected chi connectivity index (χ2v) is 7.73. The summed E-state index contributed by atoms with van der Waals surface area (Å²) in [6.07, 6.45) is 0.145. The number of nitriles is 1. The highest BCUT2D eigenvalue weighted by atomic mass is 32.1. The number of amides is 1. The van der Waals surface area contributed by atoms with Crippen LogP contribution in [0.5, 0.6) is 0 Å². The van der Waals surface area contributed by atoms with Crippen LogP contribution in [-0.4, -0.2) is 19.0 Å². The zero-order valence-electron chi connectivity index (χ0n) is 16.2. The molecule has 0 bridgehead atoms. The number of quaternary nitrogens is 1. The van der Waals surface area contributed by atoms with E-state index in [2.05, 4.69) is 30.3 Å². The molecule has 4 nitrogen and oxygen atoms in total. The molecule has 29 heavy (non-hydrogen) atoms. The Morgan fingerprint density at radius 3 is 2.59 bits per heavy atom. The van der Waals surface area contributed by atoms with Gasteiger partial charge in [-0.15, -0.1) is 11.3 Å². The minimum atomic E-state index is -0.466. The molecule has 0 aliphatic heterocycles. The largest absolute Gasteiger partial charge is 0.328 e. The van der Waals surface area contributed by atoms with E-state index in [1.165, 1.54) is 16.5 Å². The quantitative estimate of drug-likeness (QED) is 0.616. The van der Waals surface area contributed by atoms with Gasteiger partial charge in [-0.05, 0) is 30.5 Å². The summed E-state index contributed by atoms with van der Waals surface area (Å²) >= 11 is 1.64. The van der Waals surface area contributed by atoms with Gasteiger partial charge in [0, 0.05) is 12.1 Å². The molecular formula is C23H23FN3OS+. The van der Waals surface area contributed by atoms with Crippen LogP contribution in [0.25, 0.3) is 0 Å². The second-order valence-electron chi connectivity index (χ2n) is 6.75. The van der Waals surface area contributed by atoms with Crippen molar-refractivity contribution in [1.82, 2.24) is 0 Å². The van der Waals surface area contributed by atoms with Gasteiger partial charge in [0.2, 0.25) is 0 Å². The molecule has 6 heteroatoms. The van der Waals surface area contributed by atoms with Gasteiger partial charge in [0.25, 0.3) is 5.91 Å². The fraction of sp³-hybridized carbons (Fsp3) is 0.217.